The van der Waals surface area contributed by atoms with Crippen molar-refractivity contribution in [3.63, 3.8) is 0 Å². The van der Waals surface area contributed by atoms with Gasteiger partial charge < -0.3 is 20.8 Å². The van der Waals surface area contributed by atoms with Crippen molar-refractivity contribution < 1.29 is 19.8 Å². The van der Waals surface area contributed by atoms with Gasteiger partial charge in [-0.1, -0.05) is 25.0 Å². The summed E-state index contributed by atoms with van der Waals surface area (Å²) >= 11 is 0. The minimum atomic E-state index is -0.965. The van der Waals surface area contributed by atoms with Crippen LogP contribution in [0.2, 0.25) is 0 Å². The van der Waals surface area contributed by atoms with Crippen LogP contribution in [-0.4, -0.2) is 35.4 Å². The maximum atomic E-state index is 11.9. The largest absolute Gasteiger partial charge is 0.478 e. The highest BCUT2D eigenvalue weighted by Gasteiger charge is 2.33. The second kappa shape index (κ2) is 7.97. The number of aliphatic hydroxyl groups excluding tert-OH is 1. The molecule has 1 fully saturated rings. The molecule has 2 amide bonds. The Bertz CT molecular complexity index is 536. The molecule has 1 aliphatic carbocycles. The van der Waals surface area contributed by atoms with Gasteiger partial charge in [0.2, 0.25) is 0 Å². The van der Waals surface area contributed by atoms with Gasteiger partial charge in [-0.2, -0.15) is 0 Å². The molecule has 1 aliphatic rings. The first kappa shape index (κ1) is 17.3. The predicted molar refractivity (Wildman–Crippen MR) is 86.2 cm³/mol. The van der Waals surface area contributed by atoms with Crippen LogP contribution in [0.25, 0.3) is 0 Å². The van der Waals surface area contributed by atoms with E-state index in [1.165, 1.54) is 12.1 Å². The highest BCUT2D eigenvalue weighted by atomic mass is 16.4. The number of carbonyl (C=O) groups is 2. The van der Waals surface area contributed by atoms with Crippen molar-refractivity contribution in [1.29, 1.82) is 0 Å². The van der Waals surface area contributed by atoms with Gasteiger partial charge in [0.15, 0.2) is 0 Å². The van der Waals surface area contributed by atoms with Gasteiger partial charge in [0.25, 0.3) is 0 Å². The smallest absolute Gasteiger partial charge is 0.335 e. The Morgan fingerprint density at radius 2 is 1.74 bits per heavy atom. The van der Waals surface area contributed by atoms with Crippen LogP contribution in [0.15, 0.2) is 24.3 Å². The molecule has 0 heterocycles. The Labute approximate surface area is 135 Å². The van der Waals surface area contributed by atoms with Gasteiger partial charge in [-0.15, -0.1) is 0 Å². The van der Waals surface area contributed by atoms with Crippen LogP contribution in [0.4, 0.5) is 4.79 Å². The van der Waals surface area contributed by atoms with Gasteiger partial charge >= 0.3 is 12.0 Å². The van der Waals surface area contributed by atoms with Crippen molar-refractivity contribution in [2.45, 2.75) is 38.6 Å². The van der Waals surface area contributed by atoms with E-state index in [1.807, 2.05) is 0 Å². The second-order valence-corrected chi connectivity index (χ2v) is 6.22. The van der Waals surface area contributed by atoms with Crippen molar-refractivity contribution in [3.8, 4) is 0 Å². The number of carboxylic acid groups (broad SMARTS) is 1. The molecule has 0 spiro atoms. The molecule has 126 valence electrons. The topological polar surface area (TPSA) is 98.7 Å². The highest BCUT2D eigenvalue weighted by Crippen LogP contribution is 2.40. The molecule has 1 aromatic rings. The summed E-state index contributed by atoms with van der Waals surface area (Å²) in [6.07, 6.45) is 5.12. The molecule has 1 aromatic carbocycles. The quantitative estimate of drug-likeness (QED) is 0.618. The zero-order valence-corrected chi connectivity index (χ0v) is 13.2. The van der Waals surface area contributed by atoms with E-state index in [2.05, 4.69) is 10.6 Å². The van der Waals surface area contributed by atoms with E-state index >= 15 is 0 Å². The maximum Gasteiger partial charge on any atom is 0.335 e. The summed E-state index contributed by atoms with van der Waals surface area (Å²) in [6, 6.07) is 6.18. The van der Waals surface area contributed by atoms with Crippen molar-refractivity contribution >= 4 is 12.0 Å². The monoisotopic (exact) mass is 320 g/mol. The molecule has 0 aromatic heterocycles. The molecule has 0 radical (unpaired) electrons. The molecular formula is C17H24N2O4. The van der Waals surface area contributed by atoms with E-state index in [9.17, 15) is 14.7 Å². The van der Waals surface area contributed by atoms with E-state index in [-0.39, 0.29) is 23.6 Å². The van der Waals surface area contributed by atoms with Crippen LogP contribution in [0.3, 0.4) is 0 Å². The average Bonchev–Trinajstić information content (AvgIpc) is 3.00. The van der Waals surface area contributed by atoms with Crippen molar-refractivity contribution in [2.24, 2.45) is 5.41 Å². The number of aromatic carboxylic acids is 1. The van der Waals surface area contributed by atoms with E-state index in [4.69, 9.17) is 5.11 Å². The first-order chi connectivity index (χ1) is 11.0. The molecule has 2 rings (SSSR count). The summed E-state index contributed by atoms with van der Waals surface area (Å²) in [6.45, 7) is 1.08. The molecule has 0 bridgehead atoms. The number of benzene rings is 1. The lowest BCUT2D eigenvalue weighted by Crippen LogP contribution is -2.41. The number of carboxylic acids is 1. The minimum absolute atomic E-state index is 0.0369. The molecule has 0 aliphatic heterocycles. The van der Waals surface area contributed by atoms with Crippen LogP contribution < -0.4 is 10.6 Å². The van der Waals surface area contributed by atoms with Gasteiger partial charge in [0.1, 0.15) is 0 Å². The minimum Gasteiger partial charge on any atom is -0.478 e. The van der Waals surface area contributed by atoms with Gasteiger partial charge in [0.05, 0.1) is 5.56 Å². The molecule has 6 nitrogen and oxygen atoms in total. The van der Waals surface area contributed by atoms with E-state index < -0.39 is 5.97 Å². The molecule has 4 N–H and O–H groups in total. The standard InChI is InChI=1S/C17H24N2O4/c20-10-9-17(7-1-2-8-17)12-19-16(23)18-11-13-3-5-14(6-4-13)15(21)22/h3-6,20H,1-2,7-12H2,(H,21,22)(H2,18,19,23). The SMILES string of the molecule is O=C(NCc1ccc(C(=O)O)cc1)NCC1(CCO)CCCC1. The summed E-state index contributed by atoms with van der Waals surface area (Å²) in [4.78, 5) is 22.7. The lowest BCUT2D eigenvalue weighted by atomic mass is 9.83. The van der Waals surface area contributed by atoms with Gasteiger partial charge in [-0.3, -0.25) is 0 Å². The summed E-state index contributed by atoms with van der Waals surface area (Å²) in [7, 11) is 0. The van der Waals surface area contributed by atoms with Crippen LogP contribution in [0, 0.1) is 5.41 Å². The number of rotatable bonds is 7. The predicted octanol–water partition coefficient (Wildman–Crippen LogP) is 2.13. The Kier molecular flexibility index (Phi) is 5.98. The van der Waals surface area contributed by atoms with Crippen LogP contribution in [0.5, 0.6) is 0 Å². The third-order valence-electron chi connectivity index (χ3n) is 4.58. The molecule has 0 saturated heterocycles. The van der Waals surface area contributed by atoms with Gasteiger partial charge in [0, 0.05) is 19.7 Å². The fourth-order valence-corrected chi connectivity index (χ4v) is 3.16. The zero-order chi connectivity index (χ0) is 16.7. The normalized spacial score (nSPS) is 16.0. The number of urea groups is 1. The maximum absolute atomic E-state index is 11.9. The Morgan fingerprint density at radius 3 is 2.30 bits per heavy atom. The average molecular weight is 320 g/mol. The van der Waals surface area contributed by atoms with Crippen molar-refractivity contribution in [1.82, 2.24) is 10.6 Å². The third kappa shape index (κ3) is 4.96. The number of amides is 2. The summed E-state index contributed by atoms with van der Waals surface area (Å²) < 4.78 is 0. The molecule has 23 heavy (non-hydrogen) atoms. The summed E-state index contributed by atoms with van der Waals surface area (Å²) in [5.41, 5.74) is 1.11. The first-order valence-electron chi connectivity index (χ1n) is 7.99. The lowest BCUT2D eigenvalue weighted by molar-refractivity contribution is 0.0697. The number of carbonyl (C=O) groups excluding carboxylic acids is 1. The van der Waals surface area contributed by atoms with Crippen LogP contribution in [0.1, 0.15) is 48.0 Å². The second-order valence-electron chi connectivity index (χ2n) is 6.22. The fraction of sp³-hybridized carbons (Fsp3) is 0.529. The van der Waals surface area contributed by atoms with Crippen LogP contribution >= 0.6 is 0 Å². The summed E-state index contributed by atoms with van der Waals surface area (Å²) in [5, 5.41) is 23.7. The van der Waals surface area contributed by atoms with Crippen LogP contribution in [-0.2, 0) is 6.54 Å². The van der Waals surface area contributed by atoms with E-state index in [1.54, 1.807) is 12.1 Å². The first-order valence-corrected chi connectivity index (χ1v) is 7.99. The highest BCUT2D eigenvalue weighted by molar-refractivity contribution is 5.87. The number of nitrogens with one attached hydrogen (secondary N) is 2. The van der Waals surface area contributed by atoms with Gasteiger partial charge in [-0.05, 0) is 42.4 Å². The fourth-order valence-electron chi connectivity index (χ4n) is 3.16. The molecular weight excluding hydrogens is 296 g/mol. The third-order valence-corrected chi connectivity index (χ3v) is 4.58. The molecule has 0 unspecified atom stereocenters. The Morgan fingerprint density at radius 1 is 1.09 bits per heavy atom. The van der Waals surface area contributed by atoms with E-state index in [0.717, 1.165) is 37.7 Å². The van der Waals surface area contributed by atoms with Gasteiger partial charge in [-0.25, -0.2) is 9.59 Å². The van der Waals surface area contributed by atoms with Crippen molar-refractivity contribution in [2.75, 3.05) is 13.2 Å². The van der Waals surface area contributed by atoms with Crippen molar-refractivity contribution in [3.05, 3.63) is 35.4 Å². The lowest BCUT2D eigenvalue weighted by Gasteiger charge is -2.28. The Hall–Kier alpha value is -2.08. The number of hydrogen-bond donors (Lipinski definition) is 4. The summed E-state index contributed by atoms with van der Waals surface area (Å²) in [5.74, 6) is -0.965. The Balaban J connectivity index is 1.77. The molecule has 1 saturated carbocycles. The number of aliphatic hydroxyl groups is 1. The van der Waals surface area contributed by atoms with E-state index in [0.29, 0.717) is 13.1 Å². The zero-order valence-electron chi connectivity index (χ0n) is 13.2. The molecule has 0 atom stereocenters. The number of hydrogen-bond acceptors (Lipinski definition) is 3. The molecule has 6 heteroatoms.